The Morgan fingerprint density at radius 2 is 2.05 bits per heavy atom. The molecule has 1 N–H and O–H groups in total. The second-order valence-electron chi connectivity index (χ2n) is 5.02. The van der Waals surface area contributed by atoms with Crippen molar-refractivity contribution < 1.29 is 0 Å². The summed E-state index contributed by atoms with van der Waals surface area (Å²) in [7, 11) is 0. The second-order valence-corrected chi connectivity index (χ2v) is 5.88. The molecule has 0 heterocycles. The van der Waals surface area contributed by atoms with Gasteiger partial charge in [0.25, 0.3) is 0 Å². The van der Waals surface area contributed by atoms with Crippen molar-refractivity contribution in [3.63, 3.8) is 0 Å². The molecule has 0 amide bonds. The van der Waals surface area contributed by atoms with E-state index in [4.69, 9.17) is 5.26 Å². The lowest BCUT2D eigenvalue weighted by Crippen LogP contribution is -2.25. The van der Waals surface area contributed by atoms with Gasteiger partial charge >= 0.3 is 0 Å². The SMILES string of the molecule is CCN(CC)CCCC(C)Nc1ccc(C#N)c(Br)c1. The standard InChI is InChI=1S/C16H24BrN3/c1-4-20(5-2)10-6-7-13(3)19-15-9-8-14(12-18)16(17)11-15/h8-9,11,13,19H,4-7,10H2,1-3H3. The van der Waals surface area contributed by atoms with E-state index < -0.39 is 0 Å². The van der Waals surface area contributed by atoms with Gasteiger partial charge in [-0.3, -0.25) is 0 Å². The van der Waals surface area contributed by atoms with Gasteiger partial charge in [0.2, 0.25) is 0 Å². The molecule has 0 aliphatic heterocycles. The molecule has 0 bridgehead atoms. The summed E-state index contributed by atoms with van der Waals surface area (Å²) in [6.45, 7) is 10.0. The van der Waals surface area contributed by atoms with Crippen LogP contribution in [-0.2, 0) is 0 Å². The lowest BCUT2D eigenvalue weighted by molar-refractivity contribution is 0.295. The highest BCUT2D eigenvalue weighted by molar-refractivity contribution is 9.10. The van der Waals surface area contributed by atoms with Crippen LogP contribution in [0.15, 0.2) is 22.7 Å². The van der Waals surface area contributed by atoms with Crippen molar-refractivity contribution in [1.29, 1.82) is 5.26 Å². The Kier molecular flexibility index (Phi) is 7.64. The molecule has 0 aromatic heterocycles. The number of benzene rings is 1. The first-order valence-corrected chi connectivity index (χ1v) is 8.08. The lowest BCUT2D eigenvalue weighted by Gasteiger charge is -2.20. The maximum absolute atomic E-state index is 8.90. The summed E-state index contributed by atoms with van der Waals surface area (Å²) in [6, 6.07) is 8.37. The molecule has 4 heteroatoms. The van der Waals surface area contributed by atoms with E-state index in [1.54, 1.807) is 0 Å². The molecule has 1 aromatic carbocycles. The van der Waals surface area contributed by atoms with E-state index in [1.807, 2.05) is 18.2 Å². The average molecular weight is 338 g/mol. The van der Waals surface area contributed by atoms with E-state index in [9.17, 15) is 0 Å². The monoisotopic (exact) mass is 337 g/mol. The van der Waals surface area contributed by atoms with Crippen LogP contribution in [0.1, 0.15) is 39.2 Å². The Balaban J connectivity index is 2.41. The molecular formula is C16H24BrN3. The zero-order valence-electron chi connectivity index (χ0n) is 12.6. The van der Waals surface area contributed by atoms with Crippen molar-refractivity contribution in [2.24, 2.45) is 0 Å². The maximum Gasteiger partial charge on any atom is 0.100 e. The number of halogens is 1. The van der Waals surface area contributed by atoms with Crippen molar-refractivity contribution in [3.8, 4) is 6.07 Å². The fraction of sp³-hybridized carbons (Fsp3) is 0.562. The highest BCUT2D eigenvalue weighted by atomic mass is 79.9. The van der Waals surface area contributed by atoms with Crippen molar-refractivity contribution in [1.82, 2.24) is 4.90 Å². The molecule has 0 saturated heterocycles. The van der Waals surface area contributed by atoms with Crippen LogP contribution in [-0.4, -0.2) is 30.6 Å². The molecule has 0 radical (unpaired) electrons. The highest BCUT2D eigenvalue weighted by Gasteiger charge is 2.06. The van der Waals surface area contributed by atoms with Gasteiger partial charge in [0.05, 0.1) is 5.56 Å². The Bertz CT molecular complexity index is 450. The third-order valence-corrected chi connectivity index (χ3v) is 4.16. The van der Waals surface area contributed by atoms with Crippen LogP contribution in [0.3, 0.4) is 0 Å². The number of nitrogens with one attached hydrogen (secondary N) is 1. The van der Waals surface area contributed by atoms with E-state index >= 15 is 0 Å². The average Bonchev–Trinajstić information content (AvgIpc) is 2.44. The quantitative estimate of drug-likeness (QED) is 0.770. The zero-order valence-corrected chi connectivity index (χ0v) is 14.2. The molecule has 1 unspecified atom stereocenters. The van der Waals surface area contributed by atoms with Crippen LogP contribution in [0, 0.1) is 11.3 Å². The summed E-state index contributed by atoms with van der Waals surface area (Å²) < 4.78 is 0.848. The molecular weight excluding hydrogens is 314 g/mol. The van der Waals surface area contributed by atoms with Gasteiger partial charge in [-0.2, -0.15) is 5.26 Å². The van der Waals surface area contributed by atoms with E-state index in [-0.39, 0.29) is 0 Å². The van der Waals surface area contributed by atoms with Crippen LogP contribution < -0.4 is 5.32 Å². The number of hydrogen-bond acceptors (Lipinski definition) is 3. The van der Waals surface area contributed by atoms with Gasteiger partial charge in [0.15, 0.2) is 0 Å². The number of nitriles is 1. The van der Waals surface area contributed by atoms with Crippen LogP contribution >= 0.6 is 15.9 Å². The Labute approximate surface area is 131 Å². The van der Waals surface area contributed by atoms with Crippen LogP contribution in [0.4, 0.5) is 5.69 Å². The second kappa shape index (κ2) is 8.99. The molecule has 1 rings (SSSR count). The minimum absolute atomic E-state index is 0.436. The molecule has 3 nitrogen and oxygen atoms in total. The molecule has 0 spiro atoms. The van der Waals surface area contributed by atoms with Gasteiger partial charge in [-0.05, 0) is 73.5 Å². The highest BCUT2D eigenvalue weighted by Crippen LogP contribution is 2.21. The summed E-state index contributed by atoms with van der Waals surface area (Å²) in [5.74, 6) is 0. The topological polar surface area (TPSA) is 39.1 Å². The van der Waals surface area contributed by atoms with Crippen LogP contribution in [0.5, 0.6) is 0 Å². The van der Waals surface area contributed by atoms with Gasteiger partial charge in [0, 0.05) is 16.2 Å². The Hall–Kier alpha value is -1.05. The van der Waals surface area contributed by atoms with Gasteiger partial charge in [0.1, 0.15) is 6.07 Å². The maximum atomic E-state index is 8.90. The van der Waals surface area contributed by atoms with Crippen LogP contribution in [0.2, 0.25) is 0 Å². The molecule has 0 aliphatic carbocycles. The fourth-order valence-electron chi connectivity index (χ4n) is 2.21. The largest absolute Gasteiger partial charge is 0.383 e. The van der Waals surface area contributed by atoms with Crippen molar-refractivity contribution in [2.45, 2.75) is 39.7 Å². The smallest absolute Gasteiger partial charge is 0.100 e. The predicted octanol–water partition coefficient (Wildman–Crippen LogP) is 4.24. The number of rotatable bonds is 8. The molecule has 0 fully saturated rings. The Morgan fingerprint density at radius 1 is 1.35 bits per heavy atom. The van der Waals surface area contributed by atoms with Crippen molar-refractivity contribution in [3.05, 3.63) is 28.2 Å². The van der Waals surface area contributed by atoms with Gasteiger partial charge < -0.3 is 10.2 Å². The molecule has 0 aliphatic rings. The van der Waals surface area contributed by atoms with E-state index in [2.05, 4.69) is 53.0 Å². The van der Waals surface area contributed by atoms with Crippen molar-refractivity contribution >= 4 is 21.6 Å². The predicted molar refractivity (Wildman–Crippen MR) is 89.0 cm³/mol. The first-order chi connectivity index (χ1) is 9.60. The minimum atomic E-state index is 0.436. The van der Waals surface area contributed by atoms with E-state index in [1.165, 1.54) is 6.42 Å². The number of anilines is 1. The lowest BCUT2D eigenvalue weighted by atomic mass is 10.1. The molecule has 20 heavy (non-hydrogen) atoms. The third kappa shape index (κ3) is 5.52. The van der Waals surface area contributed by atoms with Gasteiger partial charge in [-0.25, -0.2) is 0 Å². The molecule has 110 valence electrons. The molecule has 1 aromatic rings. The fourth-order valence-corrected chi connectivity index (χ4v) is 2.68. The third-order valence-electron chi connectivity index (χ3n) is 3.51. The summed E-state index contributed by atoms with van der Waals surface area (Å²) >= 11 is 3.42. The number of hydrogen-bond donors (Lipinski definition) is 1. The van der Waals surface area contributed by atoms with Crippen molar-refractivity contribution in [2.75, 3.05) is 25.0 Å². The molecule has 1 atom stereocenters. The van der Waals surface area contributed by atoms with E-state index in [0.29, 0.717) is 11.6 Å². The van der Waals surface area contributed by atoms with Gasteiger partial charge in [-0.1, -0.05) is 13.8 Å². The van der Waals surface area contributed by atoms with E-state index in [0.717, 1.165) is 36.2 Å². The van der Waals surface area contributed by atoms with Gasteiger partial charge in [-0.15, -0.1) is 0 Å². The van der Waals surface area contributed by atoms with Crippen LogP contribution in [0.25, 0.3) is 0 Å². The number of nitrogens with zero attached hydrogens (tertiary/aromatic N) is 2. The first-order valence-electron chi connectivity index (χ1n) is 7.29. The normalized spacial score (nSPS) is 12.2. The first kappa shape index (κ1) is 17.0. The summed E-state index contributed by atoms with van der Waals surface area (Å²) in [5, 5.41) is 12.4. The molecule has 0 saturated carbocycles. The Morgan fingerprint density at radius 3 is 2.60 bits per heavy atom. The minimum Gasteiger partial charge on any atom is -0.383 e. The summed E-state index contributed by atoms with van der Waals surface area (Å²) in [6.07, 6.45) is 2.35. The zero-order chi connectivity index (χ0) is 15.0. The summed E-state index contributed by atoms with van der Waals surface area (Å²) in [4.78, 5) is 2.45. The summed E-state index contributed by atoms with van der Waals surface area (Å²) in [5.41, 5.74) is 1.73.